The third-order valence-corrected chi connectivity index (χ3v) is 3.63. The molecule has 1 aliphatic carbocycles. The topological polar surface area (TPSA) is 47.3 Å². The van der Waals surface area contributed by atoms with Crippen LogP contribution in [0.2, 0.25) is 5.02 Å². The van der Waals surface area contributed by atoms with E-state index in [1.807, 2.05) is 0 Å². The van der Waals surface area contributed by atoms with Gasteiger partial charge in [-0.3, -0.25) is 4.68 Å². The number of rotatable bonds is 2. The first-order valence-corrected chi connectivity index (χ1v) is 5.88. The summed E-state index contributed by atoms with van der Waals surface area (Å²) >= 11 is 6.07. The molecule has 90 valence electrons. The number of nitrogens with zero attached hydrogens (tertiary/aromatic N) is 2. The quantitative estimate of drug-likeness (QED) is 0.864. The summed E-state index contributed by atoms with van der Waals surface area (Å²) in [5, 5.41) is 15.3. The Morgan fingerprint density at radius 2 is 2.44 bits per heavy atom. The highest BCUT2D eigenvalue weighted by Gasteiger charge is 2.39. The minimum Gasteiger partial charge on any atom is -0.383 e. The maximum Gasteiger partial charge on any atom is 0.110 e. The van der Waals surface area contributed by atoms with Crippen LogP contribution in [0.3, 0.4) is 0 Å². The molecule has 0 radical (unpaired) electrons. The monoisotopic (exact) mass is 244 g/mol. The third-order valence-electron chi connectivity index (χ3n) is 3.35. The van der Waals surface area contributed by atoms with Gasteiger partial charge in [-0.05, 0) is 19.3 Å². The number of aromatic nitrogens is 2. The zero-order valence-electron chi connectivity index (χ0n) is 9.61. The summed E-state index contributed by atoms with van der Waals surface area (Å²) in [7, 11) is 3.48. The lowest BCUT2D eigenvalue weighted by Gasteiger charge is -2.36. The van der Waals surface area contributed by atoms with Crippen molar-refractivity contribution in [2.24, 2.45) is 7.05 Å². The van der Waals surface area contributed by atoms with Gasteiger partial charge in [-0.2, -0.15) is 5.10 Å². The smallest absolute Gasteiger partial charge is 0.110 e. The average molecular weight is 245 g/mol. The van der Waals surface area contributed by atoms with E-state index in [0.717, 1.165) is 12.8 Å². The second kappa shape index (κ2) is 4.35. The average Bonchev–Trinajstić information content (AvgIpc) is 2.59. The van der Waals surface area contributed by atoms with E-state index in [4.69, 9.17) is 16.3 Å². The second-order valence-electron chi connectivity index (χ2n) is 4.45. The van der Waals surface area contributed by atoms with Gasteiger partial charge in [-0.25, -0.2) is 0 Å². The van der Waals surface area contributed by atoms with Crippen molar-refractivity contribution in [1.29, 1.82) is 0 Å². The van der Waals surface area contributed by atoms with Crippen molar-refractivity contribution in [2.45, 2.75) is 37.4 Å². The van der Waals surface area contributed by atoms with E-state index in [0.29, 0.717) is 23.6 Å². The standard InChI is InChI=1S/C11H17ClN2O2/c1-14-10(9(12)7-13-14)11(15)5-3-4-8(6-11)16-2/h7-8,15H,3-6H2,1-2H3. The Morgan fingerprint density at radius 1 is 1.69 bits per heavy atom. The second-order valence-corrected chi connectivity index (χ2v) is 4.86. The lowest BCUT2D eigenvalue weighted by Crippen LogP contribution is -2.37. The number of ether oxygens (including phenoxy) is 1. The fourth-order valence-corrected chi connectivity index (χ4v) is 2.90. The van der Waals surface area contributed by atoms with Gasteiger partial charge >= 0.3 is 0 Å². The Bertz CT molecular complexity index is 361. The van der Waals surface area contributed by atoms with E-state index in [9.17, 15) is 5.11 Å². The SMILES string of the molecule is COC1CCCC(O)(c2c(Cl)cnn2C)C1. The first-order valence-electron chi connectivity index (χ1n) is 5.50. The van der Waals surface area contributed by atoms with Gasteiger partial charge < -0.3 is 9.84 Å². The summed E-state index contributed by atoms with van der Waals surface area (Å²) < 4.78 is 6.98. The molecule has 2 unspecified atom stereocenters. The van der Waals surface area contributed by atoms with Crippen LogP contribution in [0.5, 0.6) is 0 Å². The molecule has 0 bridgehead atoms. The zero-order chi connectivity index (χ0) is 11.8. The molecule has 1 N–H and O–H groups in total. The summed E-state index contributed by atoms with van der Waals surface area (Å²) in [4.78, 5) is 0. The highest BCUT2D eigenvalue weighted by molar-refractivity contribution is 6.31. The van der Waals surface area contributed by atoms with E-state index < -0.39 is 5.60 Å². The van der Waals surface area contributed by atoms with Crippen molar-refractivity contribution in [3.63, 3.8) is 0 Å². The first-order chi connectivity index (χ1) is 7.57. The molecular formula is C11H17ClN2O2. The Morgan fingerprint density at radius 3 is 3.00 bits per heavy atom. The molecule has 1 aromatic rings. The molecule has 0 aromatic carbocycles. The predicted molar refractivity (Wildman–Crippen MR) is 61.4 cm³/mol. The highest BCUT2D eigenvalue weighted by Crippen LogP contribution is 2.40. The Balaban J connectivity index is 2.31. The predicted octanol–water partition coefficient (Wildman–Crippen LogP) is 1.85. The first kappa shape index (κ1) is 11.9. The Kier molecular flexibility index (Phi) is 3.24. The summed E-state index contributed by atoms with van der Waals surface area (Å²) in [5.41, 5.74) is -0.197. The van der Waals surface area contributed by atoms with E-state index >= 15 is 0 Å². The van der Waals surface area contributed by atoms with Gasteiger partial charge in [0.05, 0.1) is 23.0 Å². The van der Waals surface area contributed by atoms with E-state index in [1.165, 1.54) is 0 Å². The molecule has 1 fully saturated rings. The van der Waals surface area contributed by atoms with Crippen LogP contribution in [0.1, 0.15) is 31.4 Å². The minimum atomic E-state index is -0.902. The molecule has 0 aliphatic heterocycles. The molecule has 2 atom stereocenters. The number of aryl methyl sites for hydroxylation is 1. The molecule has 0 amide bonds. The maximum atomic E-state index is 10.7. The van der Waals surface area contributed by atoms with Crippen molar-refractivity contribution in [1.82, 2.24) is 9.78 Å². The van der Waals surface area contributed by atoms with Crippen LogP contribution in [0.4, 0.5) is 0 Å². The largest absolute Gasteiger partial charge is 0.383 e. The van der Waals surface area contributed by atoms with E-state index in [2.05, 4.69) is 5.10 Å². The third kappa shape index (κ3) is 1.97. The summed E-state index contributed by atoms with van der Waals surface area (Å²) in [6.07, 6.45) is 4.91. The highest BCUT2D eigenvalue weighted by atomic mass is 35.5. The number of methoxy groups -OCH3 is 1. The summed E-state index contributed by atoms with van der Waals surface area (Å²) in [5.74, 6) is 0. The molecule has 1 heterocycles. The van der Waals surface area contributed by atoms with Crippen LogP contribution in [0.25, 0.3) is 0 Å². The maximum absolute atomic E-state index is 10.7. The van der Waals surface area contributed by atoms with Gasteiger partial charge in [0.15, 0.2) is 0 Å². The molecule has 1 aliphatic rings. The Hall–Kier alpha value is -0.580. The number of halogens is 1. The van der Waals surface area contributed by atoms with Crippen LogP contribution >= 0.6 is 11.6 Å². The lowest BCUT2D eigenvalue weighted by atomic mass is 9.80. The number of hydrogen-bond acceptors (Lipinski definition) is 3. The molecule has 16 heavy (non-hydrogen) atoms. The molecule has 0 saturated heterocycles. The van der Waals surface area contributed by atoms with Crippen molar-refractivity contribution < 1.29 is 9.84 Å². The fraction of sp³-hybridized carbons (Fsp3) is 0.727. The molecule has 1 aromatic heterocycles. The van der Waals surface area contributed by atoms with E-state index in [1.54, 1.807) is 25.0 Å². The van der Waals surface area contributed by atoms with Crippen molar-refractivity contribution in [3.8, 4) is 0 Å². The Labute approximate surface area is 100 Å². The van der Waals surface area contributed by atoms with Crippen LogP contribution in [0, 0.1) is 0 Å². The zero-order valence-corrected chi connectivity index (χ0v) is 10.4. The van der Waals surface area contributed by atoms with Crippen LogP contribution in [-0.4, -0.2) is 28.1 Å². The molecule has 1 saturated carbocycles. The van der Waals surface area contributed by atoms with Gasteiger partial charge in [-0.15, -0.1) is 0 Å². The van der Waals surface area contributed by atoms with Crippen LogP contribution in [-0.2, 0) is 17.4 Å². The summed E-state index contributed by atoms with van der Waals surface area (Å²) in [6, 6.07) is 0. The molecule has 4 nitrogen and oxygen atoms in total. The minimum absolute atomic E-state index is 0.102. The number of hydrogen-bond donors (Lipinski definition) is 1. The van der Waals surface area contributed by atoms with Crippen LogP contribution in [0.15, 0.2) is 6.20 Å². The van der Waals surface area contributed by atoms with Gasteiger partial charge in [0.1, 0.15) is 5.60 Å². The van der Waals surface area contributed by atoms with Crippen LogP contribution < -0.4 is 0 Å². The molecular weight excluding hydrogens is 228 g/mol. The fourth-order valence-electron chi connectivity index (χ4n) is 2.55. The van der Waals surface area contributed by atoms with Crippen molar-refractivity contribution in [2.75, 3.05) is 7.11 Å². The van der Waals surface area contributed by atoms with E-state index in [-0.39, 0.29) is 6.10 Å². The normalized spacial score (nSPS) is 30.6. The van der Waals surface area contributed by atoms with Gasteiger partial charge in [0.25, 0.3) is 0 Å². The van der Waals surface area contributed by atoms with Gasteiger partial charge in [0, 0.05) is 20.6 Å². The lowest BCUT2D eigenvalue weighted by molar-refractivity contribution is -0.0676. The molecule has 2 rings (SSSR count). The van der Waals surface area contributed by atoms with Gasteiger partial charge in [-0.1, -0.05) is 11.6 Å². The van der Waals surface area contributed by atoms with Crippen molar-refractivity contribution in [3.05, 3.63) is 16.9 Å². The molecule has 0 spiro atoms. The molecule has 5 heteroatoms. The van der Waals surface area contributed by atoms with Crippen molar-refractivity contribution >= 4 is 11.6 Å². The summed E-state index contributed by atoms with van der Waals surface area (Å²) in [6.45, 7) is 0. The van der Waals surface area contributed by atoms with Gasteiger partial charge in [0.2, 0.25) is 0 Å². The number of aliphatic hydroxyl groups is 1.